The average Bonchev–Trinajstić information content (AvgIpc) is 2.28. The van der Waals surface area contributed by atoms with Crippen LogP contribution >= 0.6 is 11.6 Å². The zero-order valence-corrected chi connectivity index (χ0v) is 9.50. The monoisotopic (exact) mass is 252 g/mol. The van der Waals surface area contributed by atoms with Crippen molar-refractivity contribution < 1.29 is 9.50 Å². The molecule has 5 heteroatoms. The van der Waals surface area contributed by atoms with E-state index < -0.39 is 5.82 Å². The molecule has 0 atom stereocenters. The molecule has 4 N–H and O–H groups in total. The second kappa shape index (κ2) is 4.51. The lowest BCUT2D eigenvalue weighted by atomic mass is 10.2. The summed E-state index contributed by atoms with van der Waals surface area (Å²) in [6.45, 7) is 0. The second-order valence-electron chi connectivity index (χ2n) is 3.52. The summed E-state index contributed by atoms with van der Waals surface area (Å²) in [6, 6.07) is 8.48. The average molecular weight is 253 g/mol. The molecule has 0 bridgehead atoms. The van der Waals surface area contributed by atoms with Gasteiger partial charge in [-0.1, -0.05) is 11.6 Å². The molecule has 0 saturated heterocycles. The molecule has 2 aromatic rings. The number of anilines is 3. The normalized spacial score (nSPS) is 10.2. The standard InChI is InChI=1S/C12H10ClFN2O/c13-7-1-4-12(17)11(5-7)16-10-6-8(14)2-3-9(10)15/h1-6,16-17H,15H2. The first kappa shape index (κ1) is 11.5. The Morgan fingerprint density at radius 1 is 1.12 bits per heavy atom. The predicted molar refractivity (Wildman–Crippen MR) is 67.2 cm³/mol. The fraction of sp³-hybridized carbons (Fsp3) is 0. The molecule has 3 nitrogen and oxygen atoms in total. The Kier molecular flexibility index (Phi) is 3.06. The fourth-order valence-electron chi connectivity index (χ4n) is 1.39. The van der Waals surface area contributed by atoms with Gasteiger partial charge in [0.2, 0.25) is 0 Å². The van der Waals surface area contributed by atoms with Crippen LogP contribution in [0.25, 0.3) is 0 Å². The highest BCUT2D eigenvalue weighted by molar-refractivity contribution is 6.31. The number of benzene rings is 2. The molecule has 0 amide bonds. The molecule has 2 aromatic carbocycles. The van der Waals surface area contributed by atoms with Crippen LogP contribution in [-0.4, -0.2) is 5.11 Å². The van der Waals surface area contributed by atoms with Gasteiger partial charge < -0.3 is 16.2 Å². The van der Waals surface area contributed by atoms with Gasteiger partial charge in [-0.05, 0) is 36.4 Å². The summed E-state index contributed by atoms with van der Waals surface area (Å²) in [7, 11) is 0. The lowest BCUT2D eigenvalue weighted by Gasteiger charge is -2.11. The van der Waals surface area contributed by atoms with Gasteiger partial charge in [0, 0.05) is 5.02 Å². The first-order chi connectivity index (χ1) is 8.06. The van der Waals surface area contributed by atoms with Gasteiger partial charge in [0.05, 0.1) is 17.1 Å². The van der Waals surface area contributed by atoms with Crippen LogP contribution in [0, 0.1) is 5.82 Å². The first-order valence-corrected chi connectivity index (χ1v) is 5.24. The Labute approximate surface area is 103 Å². The third-order valence-electron chi connectivity index (χ3n) is 2.24. The number of rotatable bonds is 2. The lowest BCUT2D eigenvalue weighted by molar-refractivity contribution is 0.478. The van der Waals surface area contributed by atoms with Crippen molar-refractivity contribution in [2.45, 2.75) is 0 Å². The van der Waals surface area contributed by atoms with Gasteiger partial charge in [0.1, 0.15) is 11.6 Å². The van der Waals surface area contributed by atoms with E-state index in [9.17, 15) is 9.50 Å². The first-order valence-electron chi connectivity index (χ1n) is 4.87. The molecule has 0 heterocycles. The smallest absolute Gasteiger partial charge is 0.139 e. The molecular weight excluding hydrogens is 243 g/mol. The molecule has 2 rings (SSSR count). The van der Waals surface area contributed by atoms with Crippen LogP contribution in [0.15, 0.2) is 36.4 Å². The van der Waals surface area contributed by atoms with Crippen LogP contribution in [0.5, 0.6) is 5.75 Å². The summed E-state index contributed by atoms with van der Waals surface area (Å²) in [4.78, 5) is 0. The molecule has 17 heavy (non-hydrogen) atoms. The number of halogens is 2. The van der Waals surface area contributed by atoms with E-state index in [1.165, 1.54) is 30.3 Å². The Morgan fingerprint density at radius 2 is 1.88 bits per heavy atom. The van der Waals surface area contributed by atoms with Gasteiger partial charge in [-0.3, -0.25) is 0 Å². The molecule has 0 unspecified atom stereocenters. The highest BCUT2D eigenvalue weighted by Crippen LogP contribution is 2.31. The third kappa shape index (κ3) is 2.60. The van der Waals surface area contributed by atoms with E-state index in [4.69, 9.17) is 17.3 Å². The number of nitrogen functional groups attached to an aromatic ring is 1. The molecule has 0 aliphatic rings. The quantitative estimate of drug-likeness (QED) is 0.566. The summed E-state index contributed by atoms with van der Waals surface area (Å²) in [5.74, 6) is -0.402. The van der Waals surface area contributed by atoms with E-state index in [0.29, 0.717) is 22.1 Å². The molecule has 0 spiro atoms. The van der Waals surface area contributed by atoms with Gasteiger partial charge in [0.25, 0.3) is 0 Å². The summed E-state index contributed by atoms with van der Waals surface area (Å²) in [6.07, 6.45) is 0. The van der Waals surface area contributed by atoms with Crippen LogP contribution in [0.2, 0.25) is 5.02 Å². The minimum absolute atomic E-state index is 0.0121. The maximum atomic E-state index is 13.0. The summed E-state index contributed by atoms with van der Waals surface area (Å²) < 4.78 is 13.0. The van der Waals surface area contributed by atoms with Crippen LogP contribution in [0.4, 0.5) is 21.5 Å². The Morgan fingerprint density at radius 3 is 2.65 bits per heavy atom. The molecule has 0 radical (unpaired) electrons. The van der Waals surface area contributed by atoms with Crippen molar-refractivity contribution in [1.29, 1.82) is 0 Å². The van der Waals surface area contributed by atoms with Gasteiger partial charge in [-0.2, -0.15) is 0 Å². The van der Waals surface area contributed by atoms with E-state index in [0.717, 1.165) is 0 Å². The topological polar surface area (TPSA) is 58.3 Å². The van der Waals surface area contributed by atoms with Crippen LogP contribution in [0.1, 0.15) is 0 Å². The zero-order chi connectivity index (χ0) is 12.4. The number of aromatic hydroxyl groups is 1. The van der Waals surface area contributed by atoms with Crippen molar-refractivity contribution in [3.05, 3.63) is 47.2 Å². The number of hydrogen-bond acceptors (Lipinski definition) is 3. The minimum atomic E-state index is -0.414. The number of nitrogens with two attached hydrogens (primary N) is 1. The third-order valence-corrected chi connectivity index (χ3v) is 2.48. The molecule has 0 saturated carbocycles. The van der Waals surface area contributed by atoms with Crippen molar-refractivity contribution in [2.75, 3.05) is 11.1 Å². The van der Waals surface area contributed by atoms with Crippen molar-refractivity contribution >= 4 is 28.7 Å². The van der Waals surface area contributed by atoms with E-state index >= 15 is 0 Å². The van der Waals surface area contributed by atoms with Gasteiger partial charge in [-0.25, -0.2) is 4.39 Å². The fourth-order valence-corrected chi connectivity index (χ4v) is 1.56. The van der Waals surface area contributed by atoms with Gasteiger partial charge in [0.15, 0.2) is 0 Å². The van der Waals surface area contributed by atoms with Crippen molar-refractivity contribution in [1.82, 2.24) is 0 Å². The Bertz CT molecular complexity index is 511. The molecular formula is C12H10ClFN2O. The summed E-state index contributed by atoms with van der Waals surface area (Å²) in [5, 5.41) is 12.9. The lowest BCUT2D eigenvalue weighted by Crippen LogP contribution is -1.97. The summed E-state index contributed by atoms with van der Waals surface area (Å²) in [5.41, 5.74) is 6.81. The molecule has 0 aliphatic carbocycles. The molecule has 0 fully saturated rings. The van der Waals surface area contributed by atoms with E-state index in [-0.39, 0.29) is 5.75 Å². The molecule has 0 aliphatic heterocycles. The number of hydrogen-bond donors (Lipinski definition) is 3. The van der Waals surface area contributed by atoms with E-state index in [2.05, 4.69) is 5.32 Å². The highest BCUT2D eigenvalue weighted by atomic mass is 35.5. The maximum absolute atomic E-state index is 13.0. The number of phenols is 1. The van der Waals surface area contributed by atoms with Gasteiger partial charge >= 0.3 is 0 Å². The van der Waals surface area contributed by atoms with Crippen molar-refractivity contribution in [2.24, 2.45) is 0 Å². The van der Waals surface area contributed by atoms with Crippen molar-refractivity contribution in [3.8, 4) is 5.75 Å². The maximum Gasteiger partial charge on any atom is 0.139 e. The predicted octanol–water partition coefficient (Wildman–Crippen LogP) is 3.51. The second-order valence-corrected chi connectivity index (χ2v) is 3.95. The minimum Gasteiger partial charge on any atom is -0.506 e. The van der Waals surface area contributed by atoms with Crippen LogP contribution < -0.4 is 11.1 Å². The number of phenolic OH excluding ortho intramolecular Hbond substituents is 1. The van der Waals surface area contributed by atoms with Gasteiger partial charge in [-0.15, -0.1) is 0 Å². The molecule has 0 aromatic heterocycles. The Hall–Kier alpha value is -1.94. The van der Waals surface area contributed by atoms with Crippen LogP contribution in [0.3, 0.4) is 0 Å². The van der Waals surface area contributed by atoms with E-state index in [1.54, 1.807) is 6.07 Å². The van der Waals surface area contributed by atoms with Crippen LogP contribution in [-0.2, 0) is 0 Å². The van der Waals surface area contributed by atoms with Crippen molar-refractivity contribution in [3.63, 3.8) is 0 Å². The SMILES string of the molecule is Nc1ccc(F)cc1Nc1cc(Cl)ccc1O. The zero-order valence-electron chi connectivity index (χ0n) is 8.74. The molecule has 88 valence electrons. The Balaban J connectivity index is 2.37. The number of nitrogens with one attached hydrogen (secondary N) is 1. The highest BCUT2D eigenvalue weighted by Gasteiger charge is 2.06. The largest absolute Gasteiger partial charge is 0.506 e. The van der Waals surface area contributed by atoms with E-state index in [1.807, 2.05) is 0 Å². The summed E-state index contributed by atoms with van der Waals surface area (Å²) >= 11 is 5.80.